The second-order valence-electron chi connectivity index (χ2n) is 6.98. The first-order valence-electron chi connectivity index (χ1n) is 9.81. The van der Waals surface area contributed by atoms with Gasteiger partial charge < -0.3 is 20.5 Å². The van der Waals surface area contributed by atoms with Gasteiger partial charge in [-0.3, -0.25) is 9.69 Å². The fraction of sp³-hybridized carbons (Fsp3) is 0.409. The van der Waals surface area contributed by atoms with Gasteiger partial charge in [-0.05, 0) is 36.8 Å². The summed E-state index contributed by atoms with van der Waals surface area (Å²) in [5.41, 5.74) is 7.53. The molecule has 6 nitrogen and oxygen atoms in total. The molecule has 6 heteroatoms. The van der Waals surface area contributed by atoms with Gasteiger partial charge >= 0.3 is 0 Å². The summed E-state index contributed by atoms with van der Waals surface area (Å²) in [6.45, 7) is 5.38. The molecule has 3 rings (SSSR count). The maximum Gasteiger partial charge on any atom is 0.234 e. The Morgan fingerprint density at radius 1 is 1.07 bits per heavy atom. The Bertz CT molecular complexity index is 736. The highest BCUT2D eigenvalue weighted by molar-refractivity contribution is 5.78. The number of hydrogen-bond donors (Lipinski definition) is 2. The van der Waals surface area contributed by atoms with E-state index in [-0.39, 0.29) is 17.9 Å². The van der Waals surface area contributed by atoms with Crippen LogP contribution in [0.5, 0.6) is 11.5 Å². The minimum atomic E-state index is -0.00351. The van der Waals surface area contributed by atoms with Crippen LogP contribution in [0.1, 0.15) is 18.4 Å². The lowest BCUT2D eigenvalue weighted by molar-refractivity contribution is -0.122. The van der Waals surface area contributed by atoms with Crippen LogP contribution >= 0.6 is 0 Å². The molecule has 1 heterocycles. The Morgan fingerprint density at radius 3 is 2.43 bits per heavy atom. The second-order valence-corrected chi connectivity index (χ2v) is 6.98. The molecular weight excluding hydrogens is 354 g/mol. The molecule has 0 saturated carbocycles. The maximum absolute atomic E-state index is 12.2. The summed E-state index contributed by atoms with van der Waals surface area (Å²) in [5, 5.41) is 2.91. The van der Waals surface area contributed by atoms with Gasteiger partial charge in [0.1, 0.15) is 18.1 Å². The van der Waals surface area contributed by atoms with E-state index in [9.17, 15) is 4.79 Å². The molecule has 0 spiro atoms. The Hall–Kier alpha value is -2.57. The summed E-state index contributed by atoms with van der Waals surface area (Å²) < 4.78 is 11.0. The quantitative estimate of drug-likeness (QED) is 0.648. The largest absolute Gasteiger partial charge is 0.494 e. The lowest BCUT2D eigenvalue weighted by Crippen LogP contribution is -2.38. The number of carbonyl (C=O) groups is 1. The van der Waals surface area contributed by atoms with E-state index < -0.39 is 0 Å². The van der Waals surface area contributed by atoms with E-state index >= 15 is 0 Å². The van der Waals surface area contributed by atoms with Crippen LogP contribution in [0.15, 0.2) is 54.6 Å². The number of hydrogen-bond acceptors (Lipinski definition) is 5. The number of amides is 1. The van der Waals surface area contributed by atoms with Crippen molar-refractivity contribution in [3.05, 3.63) is 60.2 Å². The molecule has 2 aromatic carbocycles. The van der Waals surface area contributed by atoms with Crippen molar-refractivity contribution in [2.24, 2.45) is 5.73 Å². The Morgan fingerprint density at radius 2 is 1.75 bits per heavy atom. The average molecular weight is 383 g/mol. The predicted octanol–water partition coefficient (Wildman–Crippen LogP) is 2.01. The van der Waals surface area contributed by atoms with Gasteiger partial charge in [-0.15, -0.1) is 0 Å². The van der Waals surface area contributed by atoms with Crippen LogP contribution in [-0.4, -0.2) is 56.2 Å². The highest BCUT2D eigenvalue weighted by Crippen LogP contribution is 2.25. The fourth-order valence-corrected chi connectivity index (χ4v) is 3.51. The Balaban J connectivity index is 1.35. The van der Waals surface area contributed by atoms with Crippen LogP contribution < -0.4 is 20.5 Å². The van der Waals surface area contributed by atoms with Gasteiger partial charge in [-0.1, -0.05) is 30.3 Å². The molecule has 28 heavy (non-hydrogen) atoms. The molecule has 1 aliphatic heterocycles. The van der Waals surface area contributed by atoms with E-state index in [1.54, 1.807) is 0 Å². The Labute approximate surface area is 166 Å². The molecule has 1 saturated heterocycles. The van der Waals surface area contributed by atoms with E-state index in [4.69, 9.17) is 15.2 Å². The van der Waals surface area contributed by atoms with E-state index in [1.165, 1.54) is 5.56 Å². The number of ether oxygens (including phenoxy) is 2. The first-order valence-corrected chi connectivity index (χ1v) is 9.81. The van der Waals surface area contributed by atoms with Crippen molar-refractivity contribution in [1.82, 2.24) is 10.2 Å². The van der Waals surface area contributed by atoms with Crippen LogP contribution in [-0.2, 0) is 4.79 Å². The molecule has 0 unspecified atom stereocenters. The van der Waals surface area contributed by atoms with Crippen molar-refractivity contribution in [3.8, 4) is 11.5 Å². The molecule has 1 fully saturated rings. The lowest BCUT2D eigenvalue weighted by atomic mass is 9.95. The standard InChI is InChI=1S/C22H29N3O3/c1-2-27-18-8-10-19(11-9-18)28-13-12-24-22(26)16-25-14-20(21(23)15-25)17-6-4-3-5-7-17/h3-11,20-21H,2,12-16,23H2,1H3,(H,24,26)/t20-,21+/m0/s1. The molecule has 150 valence electrons. The Kier molecular flexibility index (Phi) is 7.28. The van der Waals surface area contributed by atoms with Crippen molar-refractivity contribution >= 4 is 5.91 Å². The van der Waals surface area contributed by atoms with Crippen LogP contribution in [0, 0.1) is 0 Å². The van der Waals surface area contributed by atoms with Crippen LogP contribution in [0.3, 0.4) is 0 Å². The molecule has 0 aliphatic carbocycles. The molecule has 2 atom stereocenters. The minimum absolute atomic E-state index is 0.00351. The predicted molar refractivity (Wildman–Crippen MR) is 110 cm³/mol. The minimum Gasteiger partial charge on any atom is -0.494 e. The summed E-state index contributed by atoms with van der Waals surface area (Å²) in [5.74, 6) is 1.85. The van der Waals surface area contributed by atoms with Crippen LogP contribution in [0.25, 0.3) is 0 Å². The zero-order valence-electron chi connectivity index (χ0n) is 16.3. The molecule has 1 amide bonds. The highest BCUT2D eigenvalue weighted by Gasteiger charge is 2.31. The monoisotopic (exact) mass is 383 g/mol. The maximum atomic E-state index is 12.2. The third kappa shape index (κ3) is 5.71. The van der Waals surface area contributed by atoms with Gasteiger partial charge in [0, 0.05) is 25.0 Å². The topological polar surface area (TPSA) is 76.8 Å². The van der Waals surface area contributed by atoms with Gasteiger partial charge in [0.05, 0.1) is 19.7 Å². The van der Waals surface area contributed by atoms with Crippen molar-refractivity contribution in [1.29, 1.82) is 0 Å². The second kappa shape index (κ2) is 10.1. The molecule has 1 aliphatic rings. The van der Waals surface area contributed by atoms with Crippen molar-refractivity contribution in [2.45, 2.75) is 18.9 Å². The average Bonchev–Trinajstić information content (AvgIpc) is 3.07. The lowest BCUT2D eigenvalue weighted by Gasteiger charge is -2.16. The van der Waals surface area contributed by atoms with E-state index in [2.05, 4.69) is 22.3 Å². The summed E-state index contributed by atoms with van der Waals surface area (Å²) in [7, 11) is 0. The van der Waals surface area contributed by atoms with Crippen LogP contribution in [0.2, 0.25) is 0 Å². The fourth-order valence-electron chi connectivity index (χ4n) is 3.51. The van der Waals surface area contributed by atoms with Gasteiger partial charge in [0.15, 0.2) is 0 Å². The molecule has 0 bridgehead atoms. The summed E-state index contributed by atoms with van der Waals surface area (Å²) in [4.78, 5) is 14.3. The number of carbonyl (C=O) groups excluding carboxylic acids is 1. The highest BCUT2D eigenvalue weighted by atomic mass is 16.5. The van der Waals surface area contributed by atoms with E-state index in [0.717, 1.165) is 24.6 Å². The number of benzene rings is 2. The van der Waals surface area contributed by atoms with E-state index in [0.29, 0.717) is 26.3 Å². The summed E-state index contributed by atoms with van der Waals surface area (Å²) in [6, 6.07) is 17.8. The molecular formula is C22H29N3O3. The van der Waals surface area contributed by atoms with E-state index in [1.807, 2.05) is 49.4 Å². The van der Waals surface area contributed by atoms with Crippen molar-refractivity contribution in [2.75, 3.05) is 39.4 Å². The SMILES string of the molecule is CCOc1ccc(OCCNC(=O)CN2C[C@@H](N)[C@H](c3ccccc3)C2)cc1. The van der Waals surface area contributed by atoms with Crippen molar-refractivity contribution < 1.29 is 14.3 Å². The first kappa shape index (κ1) is 20.2. The van der Waals surface area contributed by atoms with Gasteiger partial charge in [-0.2, -0.15) is 0 Å². The van der Waals surface area contributed by atoms with Crippen molar-refractivity contribution in [3.63, 3.8) is 0 Å². The smallest absolute Gasteiger partial charge is 0.234 e. The summed E-state index contributed by atoms with van der Waals surface area (Å²) >= 11 is 0. The van der Waals surface area contributed by atoms with Gasteiger partial charge in [-0.25, -0.2) is 0 Å². The normalized spacial score (nSPS) is 19.4. The molecule has 0 aromatic heterocycles. The third-order valence-electron chi connectivity index (χ3n) is 4.86. The number of nitrogens with one attached hydrogen (secondary N) is 1. The molecule has 3 N–H and O–H groups in total. The zero-order valence-corrected chi connectivity index (χ0v) is 16.3. The number of likely N-dealkylation sites (tertiary alicyclic amines) is 1. The first-order chi connectivity index (χ1) is 13.7. The zero-order chi connectivity index (χ0) is 19.8. The van der Waals surface area contributed by atoms with Gasteiger partial charge in [0.25, 0.3) is 0 Å². The number of nitrogens with two attached hydrogens (primary N) is 1. The van der Waals surface area contributed by atoms with Gasteiger partial charge in [0.2, 0.25) is 5.91 Å². The number of rotatable bonds is 9. The molecule has 2 aromatic rings. The molecule has 0 radical (unpaired) electrons. The number of nitrogens with zero attached hydrogens (tertiary/aromatic N) is 1. The van der Waals surface area contributed by atoms with Crippen LogP contribution in [0.4, 0.5) is 0 Å². The third-order valence-corrected chi connectivity index (χ3v) is 4.86. The summed E-state index contributed by atoms with van der Waals surface area (Å²) in [6.07, 6.45) is 0.